The van der Waals surface area contributed by atoms with Crippen LogP contribution in [-0.4, -0.2) is 9.78 Å². The fourth-order valence-electron chi connectivity index (χ4n) is 2.99. The van der Waals surface area contributed by atoms with Crippen molar-refractivity contribution in [3.8, 4) is 11.3 Å². The Bertz CT molecular complexity index is 583. The summed E-state index contributed by atoms with van der Waals surface area (Å²) in [6.45, 7) is 0. The van der Waals surface area contributed by atoms with Crippen LogP contribution in [0.5, 0.6) is 0 Å². The van der Waals surface area contributed by atoms with Gasteiger partial charge >= 0.3 is 0 Å². The summed E-state index contributed by atoms with van der Waals surface area (Å²) < 4.78 is 2.02. The van der Waals surface area contributed by atoms with Gasteiger partial charge in [-0.25, -0.2) is 4.68 Å². The first-order valence-electron chi connectivity index (χ1n) is 7.35. The Hall–Kier alpha value is -1.48. The maximum absolute atomic E-state index is 6.17. The molecule has 0 saturated heterocycles. The van der Waals surface area contributed by atoms with Gasteiger partial charge in [0.25, 0.3) is 0 Å². The molecule has 2 aromatic rings. The van der Waals surface area contributed by atoms with Crippen LogP contribution in [0.4, 0.5) is 5.82 Å². The Morgan fingerprint density at radius 1 is 1.10 bits per heavy atom. The minimum absolute atomic E-state index is 0.449. The van der Waals surface area contributed by atoms with E-state index in [4.69, 9.17) is 22.4 Å². The first-order chi connectivity index (χ1) is 9.74. The van der Waals surface area contributed by atoms with Crippen LogP contribution in [0, 0.1) is 0 Å². The quantitative estimate of drug-likeness (QED) is 0.816. The maximum atomic E-state index is 6.17. The van der Waals surface area contributed by atoms with Crippen LogP contribution in [0.25, 0.3) is 11.3 Å². The van der Waals surface area contributed by atoms with Gasteiger partial charge in [0.1, 0.15) is 5.82 Å². The highest BCUT2D eigenvalue weighted by molar-refractivity contribution is 6.30. The lowest BCUT2D eigenvalue weighted by atomic mass is 10.1. The normalized spacial score (nSPS) is 17.1. The largest absolute Gasteiger partial charge is 0.384 e. The second kappa shape index (κ2) is 5.88. The van der Waals surface area contributed by atoms with Crippen molar-refractivity contribution >= 4 is 17.4 Å². The highest BCUT2D eigenvalue weighted by atomic mass is 35.5. The third kappa shape index (κ3) is 2.83. The topological polar surface area (TPSA) is 43.8 Å². The molecule has 3 rings (SSSR count). The predicted octanol–water partition coefficient (Wildman–Crippen LogP) is 4.68. The molecule has 0 bridgehead atoms. The summed E-state index contributed by atoms with van der Waals surface area (Å²) in [5.74, 6) is 0.756. The van der Waals surface area contributed by atoms with Crippen LogP contribution in [0.15, 0.2) is 30.3 Å². The van der Waals surface area contributed by atoms with Gasteiger partial charge in [0.15, 0.2) is 0 Å². The number of nitrogens with zero attached hydrogens (tertiary/aromatic N) is 2. The van der Waals surface area contributed by atoms with Gasteiger partial charge in [-0.15, -0.1) is 0 Å². The van der Waals surface area contributed by atoms with Crippen molar-refractivity contribution in [2.45, 2.75) is 44.6 Å². The molecule has 0 radical (unpaired) electrons. The van der Waals surface area contributed by atoms with Gasteiger partial charge in [0.05, 0.1) is 11.7 Å². The number of aromatic nitrogens is 2. The number of nitrogen functional groups attached to an aromatic ring is 1. The number of nitrogens with two attached hydrogens (primary N) is 1. The molecule has 1 aromatic carbocycles. The molecule has 106 valence electrons. The molecule has 1 saturated carbocycles. The molecule has 2 N–H and O–H groups in total. The minimum Gasteiger partial charge on any atom is -0.384 e. The molecule has 1 fully saturated rings. The van der Waals surface area contributed by atoms with E-state index in [0.717, 1.165) is 22.1 Å². The number of halogens is 1. The second-order valence-electron chi connectivity index (χ2n) is 5.55. The Morgan fingerprint density at radius 3 is 2.55 bits per heavy atom. The van der Waals surface area contributed by atoms with E-state index in [2.05, 4.69) is 0 Å². The molecule has 3 nitrogen and oxygen atoms in total. The van der Waals surface area contributed by atoms with Crippen molar-refractivity contribution in [1.29, 1.82) is 0 Å². The molecular weight excluding hydrogens is 270 g/mol. The molecule has 1 aliphatic carbocycles. The lowest BCUT2D eigenvalue weighted by Gasteiger charge is -2.16. The summed E-state index contributed by atoms with van der Waals surface area (Å²) in [5.41, 5.74) is 8.10. The number of anilines is 1. The summed E-state index contributed by atoms with van der Waals surface area (Å²) in [6, 6.07) is 10.2. The van der Waals surface area contributed by atoms with E-state index in [9.17, 15) is 0 Å². The van der Waals surface area contributed by atoms with Crippen molar-refractivity contribution in [3.05, 3.63) is 35.4 Å². The smallest absolute Gasteiger partial charge is 0.122 e. The summed E-state index contributed by atoms with van der Waals surface area (Å²) in [5, 5.41) is 5.45. The van der Waals surface area contributed by atoms with E-state index >= 15 is 0 Å². The number of benzene rings is 1. The Labute approximate surface area is 124 Å². The lowest BCUT2D eigenvalue weighted by molar-refractivity contribution is 0.412. The monoisotopic (exact) mass is 289 g/mol. The standard InChI is InChI=1S/C16H20ClN3/c17-13-7-5-6-12(10-13)15-11-16(18)20(19-15)14-8-3-1-2-4-9-14/h5-7,10-11,14H,1-4,8-9,18H2. The molecule has 0 aliphatic heterocycles. The zero-order valence-corrected chi connectivity index (χ0v) is 12.3. The lowest BCUT2D eigenvalue weighted by Crippen LogP contribution is -2.12. The zero-order chi connectivity index (χ0) is 13.9. The zero-order valence-electron chi connectivity index (χ0n) is 11.6. The maximum Gasteiger partial charge on any atom is 0.122 e. The van der Waals surface area contributed by atoms with Gasteiger partial charge in [-0.3, -0.25) is 0 Å². The molecule has 0 unspecified atom stereocenters. The number of hydrogen-bond donors (Lipinski definition) is 1. The Balaban J connectivity index is 1.90. The molecule has 1 aliphatic rings. The summed E-state index contributed by atoms with van der Waals surface area (Å²) in [7, 11) is 0. The van der Waals surface area contributed by atoms with Crippen LogP contribution in [0.2, 0.25) is 5.02 Å². The van der Waals surface area contributed by atoms with E-state index in [1.807, 2.05) is 35.0 Å². The minimum atomic E-state index is 0.449. The average molecular weight is 290 g/mol. The van der Waals surface area contributed by atoms with Crippen LogP contribution >= 0.6 is 11.6 Å². The molecule has 20 heavy (non-hydrogen) atoms. The molecule has 1 heterocycles. The first-order valence-corrected chi connectivity index (χ1v) is 7.73. The van der Waals surface area contributed by atoms with Gasteiger partial charge in [-0.2, -0.15) is 5.10 Å². The van der Waals surface area contributed by atoms with Crippen LogP contribution < -0.4 is 5.73 Å². The Morgan fingerprint density at radius 2 is 1.85 bits per heavy atom. The molecule has 1 aromatic heterocycles. The highest BCUT2D eigenvalue weighted by Crippen LogP contribution is 2.31. The number of rotatable bonds is 2. The molecule has 0 amide bonds. The summed E-state index contributed by atoms with van der Waals surface area (Å²) >= 11 is 6.05. The van der Waals surface area contributed by atoms with Crippen molar-refractivity contribution < 1.29 is 0 Å². The summed E-state index contributed by atoms with van der Waals surface area (Å²) in [6.07, 6.45) is 7.58. The molecule has 4 heteroatoms. The third-order valence-corrected chi connectivity index (χ3v) is 4.29. The second-order valence-corrected chi connectivity index (χ2v) is 5.99. The van der Waals surface area contributed by atoms with Crippen molar-refractivity contribution in [3.63, 3.8) is 0 Å². The average Bonchev–Trinajstić information content (AvgIpc) is 2.66. The Kier molecular flexibility index (Phi) is 3.97. The van der Waals surface area contributed by atoms with Crippen LogP contribution in [-0.2, 0) is 0 Å². The van der Waals surface area contributed by atoms with Gasteiger partial charge in [-0.1, -0.05) is 49.4 Å². The highest BCUT2D eigenvalue weighted by Gasteiger charge is 2.18. The SMILES string of the molecule is Nc1cc(-c2cccc(Cl)c2)nn1C1CCCCCC1. The van der Waals surface area contributed by atoms with E-state index in [1.54, 1.807) is 0 Å². The first kappa shape index (κ1) is 13.5. The predicted molar refractivity (Wildman–Crippen MR) is 83.8 cm³/mol. The van der Waals surface area contributed by atoms with Crippen molar-refractivity contribution in [2.75, 3.05) is 5.73 Å². The fourth-order valence-corrected chi connectivity index (χ4v) is 3.18. The molecular formula is C16H20ClN3. The molecule has 0 atom stereocenters. The summed E-state index contributed by atoms with van der Waals surface area (Å²) in [4.78, 5) is 0. The van der Waals surface area contributed by atoms with Gasteiger partial charge < -0.3 is 5.73 Å². The molecule has 0 spiro atoms. The number of hydrogen-bond acceptors (Lipinski definition) is 2. The third-order valence-electron chi connectivity index (χ3n) is 4.06. The van der Waals surface area contributed by atoms with Crippen molar-refractivity contribution in [1.82, 2.24) is 9.78 Å². The van der Waals surface area contributed by atoms with Gasteiger partial charge in [-0.05, 0) is 25.0 Å². The van der Waals surface area contributed by atoms with E-state index in [-0.39, 0.29) is 0 Å². The van der Waals surface area contributed by atoms with E-state index < -0.39 is 0 Å². The van der Waals surface area contributed by atoms with Gasteiger partial charge in [0, 0.05) is 16.7 Å². The van der Waals surface area contributed by atoms with Gasteiger partial charge in [0.2, 0.25) is 0 Å². The van der Waals surface area contributed by atoms with E-state index in [0.29, 0.717) is 6.04 Å². The van der Waals surface area contributed by atoms with Crippen LogP contribution in [0.3, 0.4) is 0 Å². The van der Waals surface area contributed by atoms with E-state index in [1.165, 1.54) is 38.5 Å². The van der Waals surface area contributed by atoms with Crippen LogP contribution in [0.1, 0.15) is 44.6 Å². The van der Waals surface area contributed by atoms with Crippen molar-refractivity contribution in [2.24, 2.45) is 0 Å². The fraction of sp³-hybridized carbons (Fsp3) is 0.438.